The molecule has 0 amide bonds. The zero-order valence-corrected chi connectivity index (χ0v) is 10.9. The molecule has 1 aromatic rings. The van der Waals surface area contributed by atoms with Gasteiger partial charge in [-0.3, -0.25) is 9.79 Å². The van der Waals surface area contributed by atoms with E-state index in [2.05, 4.69) is 4.99 Å². The molecular formula is C13H15NO3S. The maximum atomic E-state index is 11.4. The van der Waals surface area contributed by atoms with E-state index < -0.39 is 0 Å². The second kappa shape index (κ2) is 5.91. The second-order valence-corrected chi connectivity index (χ2v) is 4.96. The molecule has 1 aliphatic heterocycles. The van der Waals surface area contributed by atoms with Crippen molar-refractivity contribution in [2.45, 2.75) is 19.4 Å². The largest absolute Gasteiger partial charge is 0.508 e. The van der Waals surface area contributed by atoms with Gasteiger partial charge in [0, 0.05) is 11.3 Å². The molecule has 4 nitrogen and oxygen atoms in total. The van der Waals surface area contributed by atoms with Crippen LogP contribution < -0.4 is 0 Å². The van der Waals surface area contributed by atoms with Crippen molar-refractivity contribution in [3.05, 3.63) is 29.8 Å². The number of hydrogen-bond donors (Lipinski definition) is 1. The Balaban J connectivity index is 1.99. The van der Waals surface area contributed by atoms with Gasteiger partial charge in [0.25, 0.3) is 0 Å². The van der Waals surface area contributed by atoms with E-state index in [1.54, 1.807) is 30.8 Å². The van der Waals surface area contributed by atoms with Crippen LogP contribution in [0.4, 0.5) is 0 Å². The van der Waals surface area contributed by atoms with Gasteiger partial charge in [-0.2, -0.15) is 0 Å². The number of benzene rings is 1. The summed E-state index contributed by atoms with van der Waals surface area (Å²) >= 11 is 1.63. The third kappa shape index (κ3) is 3.26. The minimum absolute atomic E-state index is 0.00199. The van der Waals surface area contributed by atoms with E-state index in [4.69, 9.17) is 4.74 Å². The fraction of sp³-hybridized carbons (Fsp3) is 0.385. The molecule has 1 aromatic carbocycles. The van der Waals surface area contributed by atoms with Crippen molar-refractivity contribution in [1.82, 2.24) is 0 Å². The van der Waals surface area contributed by atoms with Crippen LogP contribution in [-0.2, 0) is 9.53 Å². The van der Waals surface area contributed by atoms with Gasteiger partial charge in [-0.1, -0.05) is 0 Å². The molecule has 0 saturated carbocycles. The molecule has 1 atom stereocenters. The van der Waals surface area contributed by atoms with Gasteiger partial charge >= 0.3 is 5.97 Å². The van der Waals surface area contributed by atoms with Crippen LogP contribution in [0.3, 0.4) is 0 Å². The number of aromatic hydroxyl groups is 1. The van der Waals surface area contributed by atoms with Crippen LogP contribution >= 0.6 is 11.8 Å². The summed E-state index contributed by atoms with van der Waals surface area (Å²) in [6.07, 6.45) is 0.336. The van der Waals surface area contributed by atoms with E-state index >= 15 is 0 Å². The van der Waals surface area contributed by atoms with Gasteiger partial charge in [0.15, 0.2) is 0 Å². The Bertz CT molecular complexity index is 456. The second-order valence-electron chi connectivity index (χ2n) is 3.96. The lowest BCUT2D eigenvalue weighted by Crippen LogP contribution is -2.14. The third-order valence-corrected chi connectivity index (χ3v) is 3.70. The minimum Gasteiger partial charge on any atom is -0.508 e. The van der Waals surface area contributed by atoms with E-state index in [1.165, 1.54) is 0 Å². The van der Waals surface area contributed by atoms with E-state index in [9.17, 15) is 9.90 Å². The first-order valence-corrected chi connectivity index (χ1v) is 6.83. The summed E-state index contributed by atoms with van der Waals surface area (Å²) in [6, 6.07) is 6.92. The van der Waals surface area contributed by atoms with Crippen LogP contribution in [0.5, 0.6) is 5.75 Å². The Kier molecular flexibility index (Phi) is 4.25. The lowest BCUT2D eigenvalue weighted by Gasteiger charge is -2.04. The topological polar surface area (TPSA) is 58.9 Å². The van der Waals surface area contributed by atoms with Gasteiger partial charge in [0.05, 0.1) is 24.1 Å². The van der Waals surface area contributed by atoms with Gasteiger partial charge in [0.2, 0.25) is 0 Å². The Morgan fingerprint density at radius 2 is 2.22 bits per heavy atom. The molecule has 0 fully saturated rings. The number of ether oxygens (including phenoxy) is 1. The zero-order chi connectivity index (χ0) is 13.0. The first-order chi connectivity index (χ1) is 8.69. The highest BCUT2D eigenvalue weighted by atomic mass is 32.2. The average Bonchev–Trinajstić information content (AvgIpc) is 2.78. The summed E-state index contributed by atoms with van der Waals surface area (Å²) in [5, 5.41) is 10.1. The van der Waals surface area contributed by atoms with Crippen molar-refractivity contribution >= 4 is 22.8 Å². The molecule has 5 heteroatoms. The molecule has 0 bridgehead atoms. The first kappa shape index (κ1) is 13.0. The van der Waals surface area contributed by atoms with Crippen molar-refractivity contribution in [3.63, 3.8) is 0 Å². The number of rotatable bonds is 4. The number of phenolic OH excluding ortho intramolecular Hbond substituents is 1. The van der Waals surface area contributed by atoms with Crippen molar-refractivity contribution in [2.24, 2.45) is 4.99 Å². The van der Waals surface area contributed by atoms with E-state index in [-0.39, 0.29) is 17.8 Å². The normalized spacial score (nSPS) is 18.5. The van der Waals surface area contributed by atoms with Gasteiger partial charge in [-0.25, -0.2) is 0 Å². The molecule has 96 valence electrons. The van der Waals surface area contributed by atoms with Gasteiger partial charge in [-0.15, -0.1) is 11.8 Å². The maximum Gasteiger partial charge on any atom is 0.307 e. The van der Waals surface area contributed by atoms with Crippen LogP contribution in [0.15, 0.2) is 29.3 Å². The number of hydrogen-bond acceptors (Lipinski definition) is 5. The van der Waals surface area contributed by atoms with Gasteiger partial charge in [-0.05, 0) is 31.2 Å². The highest BCUT2D eigenvalue weighted by molar-refractivity contribution is 8.14. The maximum absolute atomic E-state index is 11.4. The number of carbonyl (C=O) groups excluding carboxylic acids is 1. The summed E-state index contributed by atoms with van der Waals surface area (Å²) in [4.78, 5) is 15.9. The molecule has 0 saturated heterocycles. The summed E-state index contributed by atoms with van der Waals surface area (Å²) in [6.45, 7) is 2.21. The Morgan fingerprint density at radius 1 is 1.50 bits per heavy atom. The summed E-state index contributed by atoms with van der Waals surface area (Å²) in [5.74, 6) is 0.846. The van der Waals surface area contributed by atoms with E-state index in [1.807, 2.05) is 12.1 Å². The number of aliphatic imine (C=N–C) groups is 1. The predicted octanol–water partition coefficient (Wildman–Crippen LogP) is 2.21. The van der Waals surface area contributed by atoms with Crippen LogP contribution in [0, 0.1) is 0 Å². The highest BCUT2D eigenvalue weighted by Gasteiger charge is 2.22. The van der Waals surface area contributed by atoms with E-state index in [0.29, 0.717) is 13.0 Å². The lowest BCUT2D eigenvalue weighted by atomic mass is 10.2. The van der Waals surface area contributed by atoms with Crippen LogP contribution in [0.25, 0.3) is 0 Å². The Labute approximate surface area is 110 Å². The van der Waals surface area contributed by atoms with Crippen molar-refractivity contribution in [2.75, 3.05) is 12.4 Å². The highest BCUT2D eigenvalue weighted by Crippen LogP contribution is 2.26. The van der Waals surface area contributed by atoms with Crippen molar-refractivity contribution in [3.8, 4) is 5.75 Å². The number of esters is 1. The molecule has 1 aliphatic rings. The quantitative estimate of drug-likeness (QED) is 0.848. The number of phenols is 1. The molecular weight excluding hydrogens is 250 g/mol. The third-order valence-electron chi connectivity index (χ3n) is 2.53. The monoisotopic (exact) mass is 265 g/mol. The van der Waals surface area contributed by atoms with Crippen molar-refractivity contribution in [1.29, 1.82) is 0 Å². The molecule has 0 aromatic heterocycles. The van der Waals surface area contributed by atoms with E-state index in [0.717, 1.165) is 16.4 Å². The number of carbonyl (C=O) groups is 1. The minimum atomic E-state index is -0.196. The molecule has 1 N–H and O–H groups in total. The summed E-state index contributed by atoms with van der Waals surface area (Å²) in [5.41, 5.74) is 0.976. The van der Waals surface area contributed by atoms with Crippen LogP contribution in [0.1, 0.15) is 18.9 Å². The average molecular weight is 265 g/mol. The number of nitrogens with zero attached hydrogens (tertiary/aromatic N) is 1. The molecule has 1 heterocycles. The number of thioether (sulfide) groups is 1. The predicted molar refractivity (Wildman–Crippen MR) is 72.1 cm³/mol. The fourth-order valence-corrected chi connectivity index (χ4v) is 2.76. The lowest BCUT2D eigenvalue weighted by molar-refractivity contribution is -0.143. The SMILES string of the molecule is CCOC(=O)CC1CSC(c2ccc(O)cc2)=N1. The molecule has 1 unspecified atom stereocenters. The summed E-state index contributed by atoms with van der Waals surface area (Å²) < 4.78 is 4.91. The van der Waals surface area contributed by atoms with Gasteiger partial charge < -0.3 is 9.84 Å². The van der Waals surface area contributed by atoms with Crippen molar-refractivity contribution < 1.29 is 14.6 Å². The molecule has 0 aliphatic carbocycles. The Hall–Kier alpha value is -1.49. The fourth-order valence-electron chi connectivity index (χ4n) is 1.69. The smallest absolute Gasteiger partial charge is 0.307 e. The molecule has 2 rings (SSSR count). The molecule has 0 spiro atoms. The van der Waals surface area contributed by atoms with Gasteiger partial charge in [0.1, 0.15) is 5.75 Å². The summed E-state index contributed by atoms with van der Waals surface area (Å²) in [7, 11) is 0. The zero-order valence-electron chi connectivity index (χ0n) is 10.1. The molecule has 0 radical (unpaired) electrons. The Morgan fingerprint density at radius 3 is 2.89 bits per heavy atom. The van der Waals surface area contributed by atoms with Crippen LogP contribution in [0.2, 0.25) is 0 Å². The molecule has 18 heavy (non-hydrogen) atoms. The standard InChI is InChI=1S/C13H15NO3S/c1-2-17-12(16)7-10-8-18-13(14-10)9-3-5-11(15)6-4-9/h3-6,10,15H,2,7-8H2,1H3. The van der Waals surface area contributed by atoms with Crippen LogP contribution in [-0.4, -0.2) is 34.5 Å². The first-order valence-electron chi connectivity index (χ1n) is 5.84.